The second-order valence-electron chi connectivity index (χ2n) is 5.28. The summed E-state index contributed by atoms with van der Waals surface area (Å²) in [4.78, 5) is 23.7. The largest absolute Gasteiger partial charge is 0.481 e. The van der Waals surface area contributed by atoms with Gasteiger partial charge in [-0.25, -0.2) is 8.78 Å². The van der Waals surface area contributed by atoms with Crippen LogP contribution in [0.1, 0.15) is 5.56 Å². The SMILES string of the molecule is Cl.O=C(O)[C@@H]1CN(C(=O)Cc2cccc(F)c2F)C[C@H]1C(F)(F)F. The summed E-state index contributed by atoms with van der Waals surface area (Å²) in [5.74, 6) is -8.90. The fraction of sp³-hybridized carbons (Fsp3) is 0.429. The van der Waals surface area contributed by atoms with Crippen molar-refractivity contribution in [1.29, 1.82) is 0 Å². The number of hydrogen-bond acceptors (Lipinski definition) is 2. The number of nitrogens with zero attached hydrogens (tertiary/aromatic N) is 1. The Hall–Kier alpha value is -1.90. The Bertz CT molecular complexity index is 637. The number of hydrogen-bond donors (Lipinski definition) is 1. The van der Waals surface area contributed by atoms with Crippen molar-refractivity contribution in [2.75, 3.05) is 13.1 Å². The van der Waals surface area contributed by atoms with Crippen LogP contribution < -0.4 is 0 Å². The average Bonchev–Trinajstić information content (AvgIpc) is 2.89. The van der Waals surface area contributed by atoms with Gasteiger partial charge in [0, 0.05) is 18.7 Å². The Kier molecular flexibility index (Phi) is 6.15. The van der Waals surface area contributed by atoms with Gasteiger partial charge >= 0.3 is 12.1 Å². The van der Waals surface area contributed by atoms with Crippen LogP contribution in [-0.4, -0.2) is 41.1 Å². The van der Waals surface area contributed by atoms with Crippen LogP contribution in [0.25, 0.3) is 0 Å². The first-order chi connectivity index (χ1) is 10.6. The molecule has 1 heterocycles. The number of aliphatic carboxylic acids is 1. The van der Waals surface area contributed by atoms with Gasteiger partial charge in [0.05, 0.1) is 18.3 Å². The van der Waals surface area contributed by atoms with Gasteiger partial charge in [0.1, 0.15) is 0 Å². The van der Waals surface area contributed by atoms with Crippen LogP contribution >= 0.6 is 12.4 Å². The molecule has 134 valence electrons. The third kappa shape index (κ3) is 4.14. The van der Waals surface area contributed by atoms with E-state index in [2.05, 4.69) is 0 Å². The van der Waals surface area contributed by atoms with Gasteiger partial charge in [0.15, 0.2) is 11.6 Å². The standard InChI is InChI=1S/C14H12F5NO3.ClH/c15-10-3-1-2-7(12(10)16)4-11(21)20-5-8(13(22)23)9(6-20)14(17,18)19;/h1-3,8-9H,4-6H2,(H,22,23);1H/t8-,9-;/m1./s1. The first-order valence-corrected chi connectivity index (χ1v) is 6.61. The van der Waals surface area contributed by atoms with E-state index in [9.17, 15) is 31.5 Å². The predicted octanol–water partition coefficient (Wildman–Crippen LogP) is 2.65. The van der Waals surface area contributed by atoms with E-state index < -0.39 is 61.0 Å². The Labute approximate surface area is 139 Å². The molecular formula is C14H13ClF5NO3. The maximum absolute atomic E-state index is 13.5. The molecule has 0 radical (unpaired) electrons. The predicted molar refractivity (Wildman–Crippen MR) is 74.6 cm³/mol. The molecule has 0 spiro atoms. The molecule has 1 aliphatic rings. The zero-order valence-electron chi connectivity index (χ0n) is 12.0. The normalized spacial score (nSPS) is 20.6. The molecule has 4 nitrogen and oxygen atoms in total. The molecule has 1 aliphatic heterocycles. The molecule has 2 atom stereocenters. The van der Waals surface area contributed by atoms with Crippen LogP contribution in [0.15, 0.2) is 18.2 Å². The lowest BCUT2D eigenvalue weighted by molar-refractivity contribution is -0.188. The monoisotopic (exact) mass is 373 g/mol. The number of rotatable bonds is 3. The van der Waals surface area contributed by atoms with Crippen molar-refractivity contribution in [2.45, 2.75) is 12.6 Å². The summed E-state index contributed by atoms with van der Waals surface area (Å²) in [5.41, 5.74) is -0.294. The van der Waals surface area contributed by atoms with Crippen molar-refractivity contribution in [1.82, 2.24) is 4.90 Å². The highest BCUT2D eigenvalue weighted by atomic mass is 35.5. The number of carboxylic acid groups (broad SMARTS) is 1. The number of carbonyl (C=O) groups is 2. The molecule has 24 heavy (non-hydrogen) atoms. The minimum atomic E-state index is -4.76. The van der Waals surface area contributed by atoms with Gasteiger partial charge in [-0.2, -0.15) is 13.2 Å². The van der Waals surface area contributed by atoms with Crippen molar-refractivity contribution in [3.05, 3.63) is 35.4 Å². The molecular weight excluding hydrogens is 361 g/mol. The first-order valence-electron chi connectivity index (χ1n) is 6.61. The number of alkyl halides is 3. The van der Waals surface area contributed by atoms with Crippen molar-refractivity contribution < 1.29 is 36.6 Å². The van der Waals surface area contributed by atoms with Crippen LogP contribution in [0, 0.1) is 23.5 Å². The van der Waals surface area contributed by atoms with Crippen molar-refractivity contribution >= 4 is 24.3 Å². The highest BCUT2D eigenvalue weighted by Gasteiger charge is 2.53. The zero-order chi connectivity index (χ0) is 17.4. The van der Waals surface area contributed by atoms with E-state index in [1.165, 1.54) is 6.07 Å². The van der Waals surface area contributed by atoms with E-state index in [-0.39, 0.29) is 18.0 Å². The summed E-state index contributed by atoms with van der Waals surface area (Å²) in [6, 6.07) is 3.16. The number of benzene rings is 1. The van der Waals surface area contributed by atoms with Crippen molar-refractivity contribution in [2.24, 2.45) is 11.8 Å². The van der Waals surface area contributed by atoms with E-state index in [0.29, 0.717) is 0 Å². The van der Waals surface area contributed by atoms with Gasteiger partial charge in [-0.15, -0.1) is 12.4 Å². The second-order valence-corrected chi connectivity index (χ2v) is 5.28. The number of amides is 1. The molecule has 2 rings (SSSR count). The van der Waals surface area contributed by atoms with Crippen LogP contribution in [0.5, 0.6) is 0 Å². The minimum Gasteiger partial charge on any atom is -0.481 e. The molecule has 1 amide bonds. The van der Waals surface area contributed by atoms with Crippen LogP contribution in [0.2, 0.25) is 0 Å². The fourth-order valence-electron chi connectivity index (χ4n) is 2.55. The number of halogens is 6. The van der Waals surface area contributed by atoms with Crippen molar-refractivity contribution in [3.8, 4) is 0 Å². The fourth-order valence-corrected chi connectivity index (χ4v) is 2.55. The molecule has 0 bridgehead atoms. The molecule has 0 aliphatic carbocycles. The van der Waals surface area contributed by atoms with E-state index in [4.69, 9.17) is 5.11 Å². The summed E-state index contributed by atoms with van der Waals surface area (Å²) in [6.07, 6.45) is -5.40. The molecule has 1 fully saturated rings. The lowest BCUT2D eigenvalue weighted by Gasteiger charge is -2.18. The summed E-state index contributed by atoms with van der Waals surface area (Å²) in [6.45, 7) is -1.43. The number of carbonyl (C=O) groups excluding carboxylic acids is 1. The lowest BCUT2D eigenvalue weighted by Crippen LogP contribution is -2.34. The lowest BCUT2D eigenvalue weighted by atomic mass is 9.96. The Balaban J connectivity index is 0.00000288. The van der Waals surface area contributed by atoms with Gasteiger partial charge in [-0.05, 0) is 6.07 Å². The number of likely N-dealkylation sites (tertiary alicyclic amines) is 1. The Morgan fingerprint density at radius 3 is 2.33 bits per heavy atom. The van der Waals surface area contributed by atoms with Gasteiger partial charge in [-0.3, -0.25) is 9.59 Å². The highest BCUT2D eigenvalue weighted by Crippen LogP contribution is 2.37. The zero-order valence-corrected chi connectivity index (χ0v) is 12.8. The summed E-state index contributed by atoms with van der Waals surface area (Å²) < 4.78 is 65.1. The van der Waals surface area contributed by atoms with Crippen LogP contribution in [0.4, 0.5) is 22.0 Å². The summed E-state index contributed by atoms with van der Waals surface area (Å²) >= 11 is 0. The van der Waals surface area contributed by atoms with Gasteiger partial charge in [-0.1, -0.05) is 12.1 Å². The van der Waals surface area contributed by atoms with Crippen LogP contribution in [0.3, 0.4) is 0 Å². The molecule has 1 aromatic rings. The maximum Gasteiger partial charge on any atom is 0.394 e. The second kappa shape index (κ2) is 7.33. The molecule has 0 aromatic heterocycles. The summed E-state index contributed by atoms with van der Waals surface area (Å²) in [5, 5.41) is 8.87. The topological polar surface area (TPSA) is 57.6 Å². The minimum absolute atomic E-state index is 0. The smallest absolute Gasteiger partial charge is 0.394 e. The van der Waals surface area contributed by atoms with E-state index in [1.54, 1.807) is 0 Å². The molecule has 1 saturated heterocycles. The molecule has 0 saturated carbocycles. The molecule has 0 unspecified atom stereocenters. The van der Waals surface area contributed by atoms with Gasteiger partial charge in [0.2, 0.25) is 5.91 Å². The maximum atomic E-state index is 13.5. The van der Waals surface area contributed by atoms with Gasteiger partial charge < -0.3 is 10.0 Å². The van der Waals surface area contributed by atoms with Gasteiger partial charge in [0.25, 0.3) is 0 Å². The molecule has 10 heteroatoms. The van der Waals surface area contributed by atoms with E-state index >= 15 is 0 Å². The average molecular weight is 374 g/mol. The van der Waals surface area contributed by atoms with E-state index in [1.807, 2.05) is 0 Å². The van der Waals surface area contributed by atoms with E-state index in [0.717, 1.165) is 17.0 Å². The molecule has 1 aromatic carbocycles. The Morgan fingerprint density at radius 2 is 1.83 bits per heavy atom. The third-order valence-electron chi connectivity index (χ3n) is 3.78. The first kappa shape index (κ1) is 20.1. The summed E-state index contributed by atoms with van der Waals surface area (Å²) in [7, 11) is 0. The molecule has 1 N–H and O–H groups in total. The quantitative estimate of drug-likeness (QED) is 0.829. The third-order valence-corrected chi connectivity index (χ3v) is 3.78. The van der Waals surface area contributed by atoms with Crippen molar-refractivity contribution in [3.63, 3.8) is 0 Å². The van der Waals surface area contributed by atoms with Crippen LogP contribution in [-0.2, 0) is 16.0 Å². The Morgan fingerprint density at radius 1 is 1.21 bits per heavy atom. The number of carboxylic acids is 1. The highest BCUT2D eigenvalue weighted by molar-refractivity contribution is 5.85.